The second-order valence-electron chi connectivity index (χ2n) is 1.98. The molecule has 0 saturated heterocycles. The van der Waals surface area contributed by atoms with Gasteiger partial charge in [0.2, 0.25) is 0 Å². The first-order chi connectivity index (χ1) is 5.66. The summed E-state index contributed by atoms with van der Waals surface area (Å²) in [7, 11) is 0. The SMILES string of the molecule is O=C([O-])c1cccc(I)c1OI. The minimum absolute atomic E-state index is 0.0799. The van der Waals surface area contributed by atoms with Crippen LogP contribution in [0.3, 0.4) is 0 Å². The van der Waals surface area contributed by atoms with Gasteiger partial charge in [0.1, 0.15) is 0 Å². The van der Waals surface area contributed by atoms with E-state index >= 15 is 0 Å². The molecule has 0 aliphatic heterocycles. The fraction of sp³-hybridized carbons (Fsp3) is 0. The molecular weight excluding hydrogens is 386 g/mol. The Hall–Kier alpha value is -0.0500. The Morgan fingerprint density at radius 3 is 2.58 bits per heavy atom. The van der Waals surface area contributed by atoms with Crippen LogP contribution in [0.1, 0.15) is 10.4 Å². The van der Waals surface area contributed by atoms with Gasteiger partial charge in [-0.05, 0) is 34.7 Å². The van der Waals surface area contributed by atoms with Crippen molar-refractivity contribution in [3.8, 4) is 5.75 Å². The maximum atomic E-state index is 10.5. The quantitative estimate of drug-likeness (QED) is 0.719. The van der Waals surface area contributed by atoms with Gasteiger partial charge >= 0.3 is 0 Å². The molecule has 0 unspecified atom stereocenters. The zero-order chi connectivity index (χ0) is 9.14. The van der Waals surface area contributed by atoms with Crippen LogP contribution in [0.5, 0.6) is 5.75 Å². The number of hydrogen-bond acceptors (Lipinski definition) is 3. The Labute approximate surface area is 96.9 Å². The molecule has 0 aromatic heterocycles. The van der Waals surface area contributed by atoms with Gasteiger partial charge in [0.05, 0.1) is 9.54 Å². The van der Waals surface area contributed by atoms with E-state index in [1.807, 2.05) is 22.6 Å². The number of benzene rings is 1. The standard InChI is InChI=1S/C7H4I2O3/c8-5-3-1-2-4(7(10)11)6(5)12-9/h1-3H,(H,10,11)/p-1. The van der Waals surface area contributed by atoms with Crippen LogP contribution in [0.4, 0.5) is 0 Å². The number of rotatable bonds is 2. The van der Waals surface area contributed by atoms with Crippen LogP contribution in [0.15, 0.2) is 18.2 Å². The fourth-order valence-electron chi connectivity index (χ4n) is 0.748. The van der Waals surface area contributed by atoms with Crippen molar-refractivity contribution in [3.63, 3.8) is 0 Å². The molecule has 0 heterocycles. The Balaban J connectivity index is 3.27. The molecule has 0 aliphatic rings. The number of carboxylic acid groups (broad SMARTS) is 1. The van der Waals surface area contributed by atoms with E-state index < -0.39 is 5.97 Å². The van der Waals surface area contributed by atoms with E-state index in [1.54, 1.807) is 35.1 Å². The van der Waals surface area contributed by atoms with E-state index in [0.29, 0.717) is 5.75 Å². The highest BCUT2D eigenvalue weighted by Gasteiger charge is 2.07. The first kappa shape index (κ1) is 10.0. The number of carbonyl (C=O) groups is 1. The van der Waals surface area contributed by atoms with Gasteiger partial charge in [-0.1, -0.05) is 6.07 Å². The number of aromatic carboxylic acids is 1. The Bertz CT molecular complexity index is 312. The van der Waals surface area contributed by atoms with Crippen molar-refractivity contribution in [3.05, 3.63) is 27.3 Å². The molecule has 0 amide bonds. The minimum Gasteiger partial charge on any atom is -0.545 e. The number of hydrogen-bond donors (Lipinski definition) is 0. The first-order valence-corrected chi connectivity index (χ1v) is 4.91. The summed E-state index contributed by atoms with van der Waals surface area (Å²) in [6.45, 7) is 0. The molecule has 1 aromatic rings. The van der Waals surface area contributed by atoms with Gasteiger partial charge in [0.15, 0.2) is 28.8 Å². The van der Waals surface area contributed by atoms with Crippen LogP contribution >= 0.6 is 45.6 Å². The molecule has 0 spiro atoms. The highest BCUT2D eigenvalue weighted by molar-refractivity contribution is 14.1. The summed E-state index contributed by atoms with van der Waals surface area (Å²) in [5.41, 5.74) is 0.0799. The van der Waals surface area contributed by atoms with Crippen molar-refractivity contribution in [1.29, 1.82) is 0 Å². The van der Waals surface area contributed by atoms with E-state index in [4.69, 9.17) is 3.07 Å². The number of halogens is 2. The maximum absolute atomic E-state index is 10.5. The maximum Gasteiger partial charge on any atom is 0.192 e. The molecule has 1 rings (SSSR count). The normalized spacial score (nSPS) is 9.50. The van der Waals surface area contributed by atoms with Crippen LogP contribution in [0.2, 0.25) is 0 Å². The van der Waals surface area contributed by atoms with Gasteiger partial charge in [-0.25, -0.2) is 0 Å². The van der Waals surface area contributed by atoms with Gasteiger partial charge in [-0.2, -0.15) is 0 Å². The summed E-state index contributed by atoms with van der Waals surface area (Å²) < 4.78 is 5.63. The fourth-order valence-corrected chi connectivity index (χ4v) is 2.25. The van der Waals surface area contributed by atoms with E-state index in [-0.39, 0.29) is 5.56 Å². The average Bonchev–Trinajstić information content (AvgIpc) is 2.03. The molecule has 64 valence electrons. The van der Waals surface area contributed by atoms with Crippen LogP contribution in [-0.2, 0) is 0 Å². The van der Waals surface area contributed by atoms with Crippen LogP contribution in [-0.4, -0.2) is 5.97 Å². The molecule has 5 heteroatoms. The zero-order valence-corrected chi connectivity index (χ0v) is 10.0. The average molecular weight is 389 g/mol. The second-order valence-corrected chi connectivity index (χ2v) is 3.58. The molecule has 0 N–H and O–H groups in total. The summed E-state index contributed by atoms with van der Waals surface area (Å²) >= 11 is 3.64. The van der Waals surface area contributed by atoms with E-state index in [2.05, 4.69) is 0 Å². The molecular formula is C7H3I2O3-. The molecule has 0 aliphatic carbocycles. The lowest BCUT2D eigenvalue weighted by molar-refractivity contribution is -0.255. The lowest BCUT2D eigenvalue weighted by Crippen LogP contribution is -2.22. The molecule has 0 radical (unpaired) electrons. The molecule has 12 heavy (non-hydrogen) atoms. The van der Waals surface area contributed by atoms with Crippen molar-refractivity contribution in [2.24, 2.45) is 0 Å². The van der Waals surface area contributed by atoms with Crippen LogP contribution in [0, 0.1) is 3.57 Å². The largest absolute Gasteiger partial charge is 0.545 e. The van der Waals surface area contributed by atoms with Crippen molar-refractivity contribution in [2.45, 2.75) is 0 Å². The smallest absolute Gasteiger partial charge is 0.192 e. The summed E-state index contributed by atoms with van der Waals surface area (Å²) in [5.74, 6) is -0.876. The van der Waals surface area contributed by atoms with Gasteiger partial charge in [0.25, 0.3) is 0 Å². The Kier molecular flexibility index (Phi) is 3.56. The van der Waals surface area contributed by atoms with Crippen molar-refractivity contribution in [2.75, 3.05) is 0 Å². The third-order valence-corrected chi connectivity index (χ3v) is 2.55. The van der Waals surface area contributed by atoms with E-state index in [1.165, 1.54) is 6.07 Å². The van der Waals surface area contributed by atoms with Gasteiger partial charge < -0.3 is 13.0 Å². The molecule has 0 saturated carbocycles. The zero-order valence-electron chi connectivity index (χ0n) is 5.71. The van der Waals surface area contributed by atoms with Crippen molar-refractivity contribution in [1.82, 2.24) is 0 Å². The monoisotopic (exact) mass is 389 g/mol. The predicted molar refractivity (Wildman–Crippen MR) is 58.1 cm³/mol. The molecule has 1 aromatic carbocycles. The van der Waals surface area contributed by atoms with Crippen molar-refractivity contribution >= 4 is 51.6 Å². The summed E-state index contributed by atoms with van der Waals surface area (Å²) in [6.07, 6.45) is 0. The molecule has 0 bridgehead atoms. The van der Waals surface area contributed by atoms with Crippen LogP contribution in [0.25, 0.3) is 0 Å². The Morgan fingerprint density at radius 1 is 1.50 bits per heavy atom. The first-order valence-electron chi connectivity index (χ1n) is 2.95. The Morgan fingerprint density at radius 2 is 2.17 bits per heavy atom. The summed E-state index contributed by atoms with van der Waals surface area (Å²) in [5, 5.41) is 10.5. The van der Waals surface area contributed by atoms with Crippen LogP contribution < -0.4 is 8.17 Å². The highest BCUT2D eigenvalue weighted by Crippen LogP contribution is 2.26. The topological polar surface area (TPSA) is 49.4 Å². The lowest BCUT2D eigenvalue weighted by atomic mass is 10.2. The molecule has 3 nitrogen and oxygen atoms in total. The van der Waals surface area contributed by atoms with E-state index in [9.17, 15) is 9.90 Å². The number of para-hydroxylation sites is 1. The second kappa shape index (κ2) is 4.26. The third-order valence-electron chi connectivity index (χ3n) is 1.26. The van der Waals surface area contributed by atoms with Gasteiger partial charge in [-0.3, -0.25) is 0 Å². The van der Waals surface area contributed by atoms with Gasteiger partial charge in [-0.15, -0.1) is 0 Å². The molecule has 0 atom stereocenters. The number of carboxylic acids is 1. The molecule has 0 fully saturated rings. The lowest BCUT2D eigenvalue weighted by Gasteiger charge is -2.08. The summed E-state index contributed by atoms with van der Waals surface area (Å²) in [6, 6.07) is 4.86. The predicted octanol–water partition coefficient (Wildman–Crippen LogP) is 1.38. The number of carbonyl (C=O) groups excluding carboxylic acids is 1. The minimum atomic E-state index is -1.22. The van der Waals surface area contributed by atoms with Crippen molar-refractivity contribution < 1.29 is 13.0 Å². The summed E-state index contributed by atoms with van der Waals surface area (Å²) in [4.78, 5) is 10.5. The third kappa shape index (κ3) is 2.00. The highest BCUT2D eigenvalue weighted by atomic mass is 127. The van der Waals surface area contributed by atoms with Gasteiger partial charge in [0, 0.05) is 5.56 Å². The van der Waals surface area contributed by atoms with E-state index in [0.717, 1.165) is 3.57 Å².